The van der Waals surface area contributed by atoms with Gasteiger partial charge in [-0.05, 0) is 84.4 Å². The highest BCUT2D eigenvalue weighted by atomic mass is 16.3. The van der Waals surface area contributed by atoms with Gasteiger partial charge in [-0.25, -0.2) is 0 Å². The Balaban J connectivity index is 1.49. The van der Waals surface area contributed by atoms with Gasteiger partial charge < -0.3 is 5.11 Å². The first-order valence-corrected chi connectivity index (χ1v) is 13.5. The number of Topliss-reactive ketones (excluding diaryl/α,β-unsaturated/α-hetero) is 1. The van der Waals surface area contributed by atoms with Crippen molar-refractivity contribution < 1.29 is 9.90 Å². The van der Waals surface area contributed by atoms with Crippen LogP contribution in [0.25, 0.3) is 0 Å². The van der Waals surface area contributed by atoms with E-state index >= 15 is 0 Å². The van der Waals surface area contributed by atoms with Crippen LogP contribution in [0.4, 0.5) is 0 Å². The smallest absolute Gasteiger partial charge is 0.136 e. The minimum absolute atomic E-state index is 0.127. The van der Waals surface area contributed by atoms with Gasteiger partial charge in [0.1, 0.15) is 5.78 Å². The summed E-state index contributed by atoms with van der Waals surface area (Å²) in [6.07, 6.45) is 13.5. The van der Waals surface area contributed by atoms with Crippen LogP contribution in [0.15, 0.2) is 11.6 Å². The molecule has 1 unspecified atom stereocenters. The lowest BCUT2D eigenvalue weighted by molar-refractivity contribution is -0.122. The zero-order valence-corrected chi connectivity index (χ0v) is 21.1. The fourth-order valence-corrected chi connectivity index (χ4v) is 8.83. The molecular formula is C29H48O2. The van der Waals surface area contributed by atoms with Crippen LogP contribution in [0.1, 0.15) is 106 Å². The molecule has 0 aromatic heterocycles. The van der Waals surface area contributed by atoms with Crippen LogP contribution in [0.5, 0.6) is 0 Å². The molecule has 4 aliphatic rings. The second-order valence-electron chi connectivity index (χ2n) is 13.0. The van der Waals surface area contributed by atoms with Crippen LogP contribution in [0, 0.1) is 52.3 Å². The summed E-state index contributed by atoms with van der Waals surface area (Å²) in [5.41, 5.74) is 1.98. The van der Waals surface area contributed by atoms with Gasteiger partial charge in [0.05, 0.1) is 6.10 Å². The predicted octanol–water partition coefficient (Wildman–Crippen LogP) is 7.20. The van der Waals surface area contributed by atoms with E-state index in [0.717, 1.165) is 37.5 Å². The van der Waals surface area contributed by atoms with E-state index in [-0.39, 0.29) is 16.9 Å². The highest BCUT2D eigenvalue weighted by molar-refractivity contribution is 5.82. The van der Waals surface area contributed by atoms with Crippen molar-refractivity contribution in [2.24, 2.45) is 52.3 Å². The summed E-state index contributed by atoms with van der Waals surface area (Å²) in [5, 5.41) is 11.3. The van der Waals surface area contributed by atoms with Crippen molar-refractivity contribution in [1.29, 1.82) is 0 Å². The summed E-state index contributed by atoms with van der Waals surface area (Å²) >= 11 is 0. The molecule has 2 heteroatoms. The molecule has 0 aliphatic heterocycles. The summed E-state index contributed by atoms with van der Waals surface area (Å²) in [4.78, 5) is 12.1. The van der Waals surface area contributed by atoms with E-state index in [9.17, 15) is 9.90 Å². The normalized spacial score (nSPS) is 44.3. The van der Waals surface area contributed by atoms with Crippen molar-refractivity contribution >= 4 is 5.78 Å². The number of allylic oxidation sites excluding steroid dienone is 2. The highest BCUT2D eigenvalue weighted by Gasteiger charge is 2.61. The third kappa shape index (κ3) is 3.98. The van der Waals surface area contributed by atoms with E-state index in [1.165, 1.54) is 37.7 Å². The zero-order chi connectivity index (χ0) is 22.6. The lowest BCUT2D eigenvalue weighted by Crippen LogP contribution is -2.50. The minimum Gasteiger partial charge on any atom is -0.393 e. The lowest BCUT2D eigenvalue weighted by atomic mass is 9.47. The molecule has 0 aromatic carbocycles. The molecule has 0 spiro atoms. The molecule has 0 saturated heterocycles. The Bertz CT molecular complexity index is 708. The zero-order valence-electron chi connectivity index (χ0n) is 21.1. The van der Waals surface area contributed by atoms with Crippen LogP contribution in [0.3, 0.4) is 0 Å². The average Bonchev–Trinajstić information content (AvgIpc) is 2.98. The molecule has 3 fully saturated rings. The van der Waals surface area contributed by atoms with Crippen molar-refractivity contribution in [1.82, 2.24) is 0 Å². The summed E-state index contributed by atoms with van der Waals surface area (Å²) in [6.45, 7) is 14.5. The summed E-state index contributed by atoms with van der Waals surface area (Å²) in [6, 6.07) is 0. The number of carbonyl (C=O) groups is 1. The summed E-state index contributed by atoms with van der Waals surface area (Å²) in [5.74, 6) is 5.14. The Labute approximate surface area is 191 Å². The third-order valence-electron chi connectivity index (χ3n) is 11.1. The SMILES string of the molecule is CC(C)C(C)CCC[C@@H](C)[C@H]1[C@H](O)C[C@H]2[C@@H]3CC=C4CC(=O)CC[C@]4(C)[C@H]3CC[C@]12C. The quantitative estimate of drug-likeness (QED) is 0.454. The fourth-order valence-electron chi connectivity index (χ4n) is 8.83. The standard InChI is InChI=1S/C29H48O2/c1-18(2)19(3)8-7-9-20(4)27-26(31)17-25-23-11-10-21-16-22(30)12-14-28(21,5)24(23)13-15-29(25,27)6/h10,18-20,23-27,31H,7-9,11-17H2,1-6H3/t19?,20-,23-,24+,25+,26-,27+,28+,29+/m1/s1. The van der Waals surface area contributed by atoms with E-state index < -0.39 is 0 Å². The molecule has 3 saturated carbocycles. The number of fused-ring (bicyclic) bond motifs is 5. The number of carbonyl (C=O) groups excluding carboxylic acids is 1. The van der Waals surface area contributed by atoms with Crippen molar-refractivity contribution in [3.8, 4) is 0 Å². The number of aliphatic hydroxyl groups excluding tert-OH is 1. The van der Waals surface area contributed by atoms with Crippen LogP contribution in [-0.2, 0) is 4.79 Å². The first-order chi connectivity index (χ1) is 14.6. The predicted molar refractivity (Wildman–Crippen MR) is 129 cm³/mol. The Morgan fingerprint density at radius 1 is 1.10 bits per heavy atom. The molecule has 176 valence electrons. The Morgan fingerprint density at radius 3 is 2.55 bits per heavy atom. The molecule has 1 N–H and O–H groups in total. The number of rotatable bonds is 6. The van der Waals surface area contributed by atoms with E-state index in [4.69, 9.17) is 0 Å². The molecule has 0 radical (unpaired) electrons. The number of hydrogen-bond donors (Lipinski definition) is 1. The van der Waals surface area contributed by atoms with Gasteiger partial charge in [-0.2, -0.15) is 0 Å². The van der Waals surface area contributed by atoms with Gasteiger partial charge in [0.15, 0.2) is 0 Å². The highest BCUT2D eigenvalue weighted by Crippen LogP contribution is 2.67. The molecule has 31 heavy (non-hydrogen) atoms. The Hall–Kier alpha value is -0.630. The molecule has 0 heterocycles. The van der Waals surface area contributed by atoms with Gasteiger partial charge in [0.25, 0.3) is 0 Å². The van der Waals surface area contributed by atoms with Crippen molar-refractivity contribution in [3.63, 3.8) is 0 Å². The van der Waals surface area contributed by atoms with Crippen molar-refractivity contribution in [3.05, 3.63) is 11.6 Å². The first-order valence-electron chi connectivity index (χ1n) is 13.5. The second-order valence-corrected chi connectivity index (χ2v) is 13.0. The van der Waals surface area contributed by atoms with Gasteiger partial charge in [-0.15, -0.1) is 0 Å². The van der Waals surface area contributed by atoms with Crippen molar-refractivity contribution in [2.45, 2.75) is 112 Å². The number of aliphatic hydroxyl groups is 1. The number of ketones is 1. The van der Waals surface area contributed by atoms with E-state index in [1.54, 1.807) is 0 Å². The molecule has 2 nitrogen and oxygen atoms in total. The maximum absolute atomic E-state index is 12.1. The van der Waals surface area contributed by atoms with Gasteiger partial charge >= 0.3 is 0 Å². The van der Waals surface area contributed by atoms with E-state index in [0.29, 0.717) is 41.8 Å². The molecule has 4 aliphatic carbocycles. The molecule has 9 atom stereocenters. The largest absolute Gasteiger partial charge is 0.393 e. The van der Waals surface area contributed by atoms with Gasteiger partial charge in [0, 0.05) is 12.8 Å². The van der Waals surface area contributed by atoms with Crippen LogP contribution in [0.2, 0.25) is 0 Å². The summed E-state index contributed by atoms with van der Waals surface area (Å²) in [7, 11) is 0. The second kappa shape index (κ2) is 8.62. The topological polar surface area (TPSA) is 37.3 Å². The van der Waals surface area contributed by atoms with E-state index in [2.05, 4.69) is 47.6 Å². The average molecular weight is 429 g/mol. The van der Waals surface area contributed by atoms with Gasteiger partial charge in [-0.1, -0.05) is 72.5 Å². The Morgan fingerprint density at radius 2 is 1.84 bits per heavy atom. The van der Waals surface area contributed by atoms with Crippen LogP contribution >= 0.6 is 0 Å². The first kappa shape index (κ1) is 23.5. The molecule has 0 aromatic rings. The monoisotopic (exact) mass is 428 g/mol. The van der Waals surface area contributed by atoms with Crippen molar-refractivity contribution in [2.75, 3.05) is 0 Å². The summed E-state index contributed by atoms with van der Waals surface area (Å²) < 4.78 is 0. The third-order valence-corrected chi connectivity index (χ3v) is 11.1. The lowest BCUT2D eigenvalue weighted by Gasteiger charge is -2.57. The van der Waals surface area contributed by atoms with Gasteiger partial charge in [-0.3, -0.25) is 4.79 Å². The molecule has 0 amide bonds. The minimum atomic E-state index is -0.127. The molecular weight excluding hydrogens is 380 g/mol. The van der Waals surface area contributed by atoms with Crippen LogP contribution in [-0.4, -0.2) is 17.0 Å². The molecule has 4 rings (SSSR count). The Kier molecular flexibility index (Phi) is 6.54. The molecule has 0 bridgehead atoms. The van der Waals surface area contributed by atoms with Gasteiger partial charge in [0.2, 0.25) is 0 Å². The van der Waals surface area contributed by atoms with Crippen LogP contribution < -0.4 is 0 Å². The maximum Gasteiger partial charge on any atom is 0.136 e. The van der Waals surface area contributed by atoms with E-state index in [1.807, 2.05) is 0 Å². The fraction of sp³-hybridized carbons (Fsp3) is 0.897. The maximum atomic E-state index is 12.1. The number of hydrogen-bond acceptors (Lipinski definition) is 2.